The van der Waals surface area contributed by atoms with Gasteiger partial charge in [0, 0.05) is 26.2 Å². The first-order valence-corrected chi connectivity index (χ1v) is 12.3. The van der Waals surface area contributed by atoms with Crippen LogP contribution in [-0.4, -0.2) is 76.6 Å². The normalized spacial score (nSPS) is 14.5. The molecule has 3 amide bonds. The molecule has 1 aliphatic heterocycles. The van der Waals surface area contributed by atoms with Gasteiger partial charge in [-0.25, -0.2) is 4.79 Å². The molecule has 0 spiro atoms. The van der Waals surface area contributed by atoms with Crippen molar-refractivity contribution < 1.29 is 19.1 Å². The van der Waals surface area contributed by atoms with Gasteiger partial charge < -0.3 is 19.1 Å². The molecule has 1 fully saturated rings. The highest BCUT2D eigenvalue weighted by Crippen LogP contribution is 2.19. The van der Waals surface area contributed by atoms with Gasteiger partial charge >= 0.3 is 6.09 Å². The zero-order valence-corrected chi connectivity index (χ0v) is 19.8. The van der Waals surface area contributed by atoms with Crippen LogP contribution in [0, 0.1) is 19.3 Å². The molecule has 1 aromatic heterocycles. The molecule has 1 aromatic carbocycles. The van der Waals surface area contributed by atoms with E-state index in [1.54, 1.807) is 16.7 Å². The molecule has 32 heavy (non-hydrogen) atoms. The van der Waals surface area contributed by atoms with Crippen LogP contribution >= 0.6 is 23.1 Å². The van der Waals surface area contributed by atoms with E-state index in [0.717, 1.165) is 15.8 Å². The molecular formula is C22H26N4O4S2. The van der Waals surface area contributed by atoms with Crippen LogP contribution in [0.25, 0.3) is 10.2 Å². The van der Waals surface area contributed by atoms with E-state index in [-0.39, 0.29) is 29.4 Å². The Morgan fingerprint density at radius 2 is 1.91 bits per heavy atom. The fourth-order valence-electron chi connectivity index (χ4n) is 3.32. The molecule has 8 nitrogen and oxygen atoms in total. The van der Waals surface area contributed by atoms with E-state index in [4.69, 9.17) is 11.2 Å². The Labute approximate surface area is 195 Å². The summed E-state index contributed by atoms with van der Waals surface area (Å²) in [5, 5.41) is 0. The standard InChI is InChI=1S/C22H26N4O4S2/c1-4-8-26-17-7-6-16(3)13-18(17)32-21(26)23-19(27)14-31-15-20(28)24-9-11-25(12-10-24)22(29)30-5-2/h1,6-7,13H,5,8-12,14-15H2,2-3H3. The molecule has 0 saturated carbocycles. The Kier molecular flexibility index (Phi) is 8.36. The van der Waals surface area contributed by atoms with Gasteiger partial charge in [-0.2, -0.15) is 4.99 Å². The van der Waals surface area contributed by atoms with Crippen LogP contribution in [0.4, 0.5) is 4.79 Å². The maximum absolute atomic E-state index is 12.4. The number of thioether (sulfide) groups is 1. The number of nitrogens with zero attached hydrogens (tertiary/aromatic N) is 4. The molecule has 170 valence electrons. The van der Waals surface area contributed by atoms with Crippen LogP contribution in [0.3, 0.4) is 0 Å². The summed E-state index contributed by atoms with van der Waals surface area (Å²) in [6.45, 7) is 6.26. The lowest BCUT2D eigenvalue weighted by molar-refractivity contribution is -0.129. The number of aromatic nitrogens is 1. The highest BCUT2D eigenvalue weighted by molar-refractivity contribution is 8.00. The molecule has 0 atom stereocenters. The summed E-state index contributed by atoms with van der Waals surface area (Å²) < 4.78 is 7.87. The Morgan fingerprint density at radius 1 is 1.19 bits per heavy atom. The van der Waals surface area contributed by atoms with Crippen molar-refractivity contribution in [2.45, 2.75) is 20.4 Å². The second-order valence-corrected chi connectivity index (χ2v) is 9.21. The second-order valence-electron chi connectivity index (χ2n) is 7.21. The van der Waals surface area contributed by atoms with Crippen molar-refractivity contribution in [1.29, 1.82) is 0 Å². The van der Waals surface area contributed by atoms with E-state index in [9.17, 15) is 14.4 Å². The van der Waals surface area contributed by atoms with Gasteiger partial charge in [0.05, 0.1) is 34.9 Å². The predicted octanol–water partition coefficient (Wildman–Crippen LogP) is 2.11. The van der Waals surface area contributed by atoms with E-state index in [1.807, 2.05) is 29.7 Å². The number of aryl methyl sites for hydroxylation is 1. The van der Waals surface area contributed by atoms with Crippen LogP contribution in [-0.2, 0) is 20.9 Å². The number of hydrogen-bond acceptors (Lipinski definition) is 6. The van der Waals surface area contributed by atoms with Crippen molar-refractivity contribution in [2.75, 3.05) is 44.3 Å². The first-order chi connectivity index (χ1) is 15.4. The second kappa shape index (κ2) is 11.2. The SMILES string of the molecule is C#CCn1c(=NC(=O)CSCC(=O)N2CCN(C(=O)OCC)CC2)sc2cc(C)ccc21. The topological polar surface area (TPSA) is 84.2 Å². The molecule has 1 aliphatic rings. The average Bonchev–Trinajstić information content (AvgIpc) is 3.10. The Bertz CT molecular complexity index is 1110. The molecule has 3 rings (SSSR count). The fourth-order valence-corrected chi connectivity index (χ4v) is 5.16. The number of carbonyl (C=O) groups is 3. The minimum absolute atomic E-state index is 0.0500. The maximum Gasteiger partial charge on any atom is 0.409 e. The number of rotatable bonds is 6. The minimum atomic E-state index is -0.348. The van der Waals surface area contributed by atoms with Crippen LogP contribution in [0.1, 0.15) is 12.5 Å². The van der Waals surface area contributed by atoms with E-state index >= 15 is 0 Å². The van der Waals surface area contributed by atoms with Gasteiger partial charge in [-0.05, 0) is 31.5 Å². The molecule has 0 aliphatic carbocycles. The molecular weight excluding hydrogens is 448 g/mol. The average molecular weight is 475 g/mol. The van der Waals surface area contributed by atoms with Crippen molar-refractivity contribution in [3.63, 3.8) is 0 Å². The first kappa shape index (κ1) is 23.9. The lowest BCUT2D eigenvalue weighted by Gasteiger charge is -2.34. The summed E-state index contributed by atoms with van der Waals surface area (Å²) in [5.41, 5.74) is 2.08. The van der Waals surface area contributed by atoms with Gasteiger partial charge in [-0.1, -0.05) is 23.3 Å². The lowest BCUT2D eigenvalue weighted by atomic mass is 10.2. The number of carbonyl (C=O) groups excluding carboxylic acids is 3. The third-order valence-electron chi connectivity index (χ3n) is 4.92. The Balaban J connectivity index is 1.54. The molecule has 0 unspecified atom stereocenters. The van der Waals surface area contributed by atoms with Gasteiger partial charge in [0.2, 0.25) is 5.91 Å². The summed E-state index contributed by atoms with van der Waals surface area (Å²) >= 11 is 2.67. The first-order valence-electron chi connectivity index (χ1n) is 10.3. The minimum Gasteiger partial charge on any atom is -0.450 e. The van der Waals surface area contributed by atoms with E-state index in [2.05, 4.69) is 10.9 Å². The van der Waals surface area contributed by atoms with Gasteiger partial charge in [0.25, 0.3) is 5.91 Å². The molecule has 0 N–H and O–H groups in total. The largest absolute Gasteiger partial charge is 0.450 e. The Hall–Kier alpha value is -2.77. The molecule has 2 aromatic rings. The van der Waals surface area contributed by atoms with E-state index < -0.39 is 0 Å². The summed E-state index contributed by atoms with van der Waals surface area (Å²) in [6, 6.07) is 6.03. The van der Waals surface area contributed by atoms with E-state index in [0.29, 0.717) is 44.1 Å². The van der Waals surface area contributed by atoms with Crippen molar-refractivity contribution in [1.82, 2.24) is 14.4 Å². The monoisotopic (exact) mass is 474 g/mol. The summed E-state index contributed by atoms with van der Waals surface area (Å²) in [6.07, 6.45) is 5.15. The predicted molar refractivity (Wildman–Crippen MR) is 126 cm³/mol. The molecule has 0 radical (unpaired) electrons. The zero-order valence-electron chi connectivity index (χ0n) is 18.2. The van der Waals surface area contributed by atoms with Gasteiger partial charge in [0.1, 0.15) is 0 Å². The molecule has 1 saturated heterocycles. The number of amides is 3. The zero-order chi connectivity index (χ0) is 23.1. The lowest BCUT2D eigenvalue weighted by Crippen LogP contribution is -2.51. The number of terminal acetylenes is 1. The number of ether oxygens (including phenoxy) is 1. The number of thiazole rings is 1. The van der Waals surface area contributed by atoms with E-state index in [1.165, 1.54) is 23.1 Å². The molecule has 0 bridgehead atoms. The smallest absolute Gasteiger partial charge is 0.409 e. The molecule has 10 heteroatoms. The highest BCUT2D eigenvalue weighted by atomic mass is 32.2. The van der Waals surface area contributed by atoms with Crippen molar-refractivity contribution in [2.24, 2.45) is 4.99 Å². The quantitative estimate of drug-likeness (QED) is 0.599. The van der Waals surface area contributed by atoms with Gasteiger partial charge in [-0.3, -0.25) is 9.59 Å². The van der Waals surface area contributed by atoms with Gasteiger partial charge in [-0.15, -0.1) is 18.2 Å². The summed E-state index contributed by atoms with van der Waals surface area (Å²) in [7, 11) is 0. The number of benzene rings is 1. The Morgan fingerprint density at radius 3 is 2.59 bits per heavy atom. The highest BCUT2D eigenvalue weighted by Gasteiger charge is 2.24. The third kappa shape index (κ3) is 5.93. The molecule has 2 heterocycles. The summed E-state index contributed by atoms with van der Waals surface area (Å²) in [5.74, 6) is 2.56. The maximum atomic E-state index is 12.4. The number of piperazine rings is 1. The van der Waals surface area contributed by atoms with Crippen molar-refractivity contribution >= 4 is 51.2 Å². The van der Waals surface area contributed by atoms with Crippen LogP contribution in [0.5, 0.6) is 0 Å². The fraction of sp³-hybridized carbons (Fsp3) is 0.455. The van der Waals surface area contributed by atoms with Crippen LogP contribution in [0.2, 0.25) is 0 Å². The van der Waals surface area contributed by atoms with Crippen molar-refractivity contribution in [3.05, 3.63) is 28.6 Å². The van der Waals surface area contributed by atoms with Gasteiger partial charge in [0.15, 0.2) is 4.80 Å². The van der Waals surface area contributed by atoms with Crippen LogP contribution in [0.15, 0.2) is 23.2 Å². The summed E-state index contributed by atoms with van der Waals surface area (Å²) in [4.78, 5) is 44.7. The third-order valence-corrected chi connectivity index (χ3v) is 6.86. The number of hydrogen-bond donors (Lipinski definition) is 0. The van der Waals surface area contributed by atoms with Crippen LogP contribution < -0.4 is 4.80 Å². The number of fused-ring (bicyclic) bond motifs is 1. The van der Waals surface area contributed by atoms with Crippen molar-refractivity contribution in [3.8, 4) is 12.3 Å².